The van der Waals surface area contributed by atoms with Gasteiger partial charge in [0.2, 0.25) is 0 Å². The number of benzene rings is 2. The summed E-state index contributed by atoms with van der Waals surface area (Å²) in [5.41, 5.74) is 2.22. The van der Waals surface area contributed by atoms with Crippen LogP contribution in [-0.2, 0) is 6.54 Å². The summed E-state index contributed by atoms with van der Waals surface area (Å²) in [5, 5.41) is 13.2. The highest BCUT2D eigenvalue weighted by molar-refractivity contribution is 5.31. The quantitative estimate of drug-likeness (QED) is 0.837. The van der Waals surface area contributed by atoms with Crippen LogP contribution in [0.4, 0.5) is 0 Å². The Balaban J connectivity index is 2.02. The minimum atomic E-state index is 0.325. The average molecular weight is 241 g/mol. The van der Waals surface area contributed by atoms with Crippen molar-refractivity contribution in [1.82, 2.24) is 5.32 Å². The second-order valence-electron chi connectivity index (χ2n) is 4.38. The monoisotopic (exact) mass is 241 g/mol. The zero-order chi connectivity index (χ0) is 12.8. The Labute approximate surface area is 108 Å². The molecule has 1 atom stereocenters. The molecule has 1 unspecified atom stereocenters. The molecule has 2 rings (SSSR count). The number of nitrogens with one attached hydrogen (secondary N) is 1. The lowest BCUT2D eigenvalue weighted by Gasteiger charge is -2.17. The molecular formula is C16H19NO. The maximum absolute atomic E-state index is 9.73. The normalized spacial score (nSPS) is 12.3. The maximum Gasteiger partial charge on any atom is 0.120 e. The number of phenols is 1. The first-order valence-corrected chi connectivity index (χ1v) is 6.36. The molecule has 0 heterocycles. The summed E-state index contributed by atoms with van der Waals surface area (Å²) in [4.78, 5) is 0. The second kappa shape index (κ2) is 6.22. The van der Waals surface area contributed by atoms with Crippen LogP contribution in [0, 0.1) is 0 Å². The van der Waals surface area contributed by atoms with Gasteiger partial charge in [-0.1, -0.05) is 55.5 Å². The van der Waals surface area contributed by atoms with Gasteiger partial charge in [0.25, 0.3) is 0 Å². The van der Waals surface area contributed by atoms with E-state index in [-0.39, 0.29) is 0 Å². The molecule has 0 saturated carbocycles. The van der Waals surface area contributed by atoms with Crippen molar-refractivity contribution in [3.8, 4) is 5.75 Å². The van der Waals surface area contributed by atoms with E-state index in [2.05, 4.69) is 36.5 Å². The molecule has 18 heavy (non-hydrogen) atoms. The molecule has 0 aliphatic rings. The van der Waals surface area contributed by atoms with Gasteiger partial charge in [0.15, 0.2) is 0 Å². The number of para-hydroxylation sites is 1. The Hall–Kier alpha value is -1.80. The molecule has 0 aromatic heterocycles. The van der Waals surface area contributed by atoms with Crippen LogP contribution >= 0.6 is 0 Å². The first-order chi connectivity index (χ1) is 8.81. The largest absolute Gasteiger partial charge is 0.508 e. The van der Waals surface area contributed by atoms with Crippen molar-refractivity contribution >= 4 is 0 Å². The summed E-state index contributed by atoms with van der Waals surface area (Å²) in [7, 11) is 0. The van der Waals surface area contributed by atoms with Gasteiger partial charge in [-0.2, -0.15) is 0 Å². The minimum absolute atomic E-state index is 0.325. The Morgan fingerprint density at radius 1 is 1.00 bits per heavy atom. The van der Waals surface area contributed by atoms with Gasteiger partial charge < -0.3 is 10.4 Å². The van der Waals surface area contributed by atoms with Crippen molar-refractivity contribution in [2.75, 3.05) is 0 Å². The third kappa shape index (κ3) is 3.11. The average Bonchev–Trinajstić information content (AvgIpc) is 2.42. The van der Waals surface area contributed by atoms with Crippen molar-refractivity contribution in [2.45, 2.75) is 25.9 Å². The summed E-state index contributed by atoms with van der Waals surface area (Å²) >= 11 is 0. The lowest BCUT2D eigenvalue weighted by molar-refractivity contribution is 0.455. The van der Waals surface area contributed by atoms with Crippen LogP contribution in [0.3, 0.4) is 0 Å². The number of phenolic OH excluding ortho intramolecular Hbond substituents is 1. The molecule has 0 saturated heterocycles. The molecule has 0 aliphatic carbocycles. The van der Waals surface area contributed by atoms with Crippen LogP contribution in [0.2, 0.25) is 0 Å². The Morgan fingerprint density at radius 2 is 1.67 bits per heavy atom. The van der Waals surface area contributed by atoms with Gasteiger partial charge in [-0.25, -0.2) is 0 Å². The van der Waals surface area contributed by atoms with Gasteiger partial charge in [0, 0.05) is 18.2 Å². The van der Waals surface area contributed by atoms with Crippen LogP contribution in [0.25, 0.3) is 0 Å². The predicted octanol–water partition coefficient (Wildman–Crippen LogP) is 3.63. The first kappa shape index (κ1) is 12.7. The number of rotatable bonds is 5. The van der Waals surface area contributed by atoms with E-state index in [0.717, 1.165) is 12.0 Å². The summed E-state index contributed by atoms with van der Waals surface area (Å²) in [6.45, 7) is 2.84. The zero-order valence-electron chi connectivity index (χ0n) is 10.6. The van der Waals surface area contributed by atoms with E-state index in [9.17, 15) is 5.11 Å². The van der Waals surface area contributed by atoms with E-state index in [1.165, 1.54) is 5.56 Å². The first-order valence-electron chi connectivity index (χ1n) is 6.36. The Kier molecular flexibility index (Phi) is 4.37. The van der Waals surface area contributed by atoms with E-state index in [1.54, 1.807) is 6.07 Å². The Bertz CT molecular complexity index is 481. The van der Waals surface area contributed by atoms with Gasteiger partial charge in [0.1, 0.15) is 5.75 Å². The summed E-state index contributed by atoms with van der Waals surface area (Å²) in [6.07, 6.45) is 1.03. The third-order valence-electron chi connectivity index (χ3n) is 3.14. The van der Waals surface area contributed by atoms with E-state index in [4.69, 9.17) is 0 Å². The van der Waals surface area contributed by atoms with E-state index < -0.39 is 0 Å². The van der Waals surface area contributed by atoms with Gasteiger partial charge in [-0.05, 0) is 18.1 Å². The van der Waals surface area contributed by atoms with E-state index >= 15 is 0 Å². The predicted molar refractivity (Wildman–Crippen MR) is 74.4 cm³/mol. The van der Waals surface area contributed by atoms with Gasteiger partial charge in [-0.3, -0.25) is 0 Å². The lowest BCUT2D eigenvalue weighted by atomic mass is 10.0. The van der Waals surface area contributed by atoms with Crippen molar-refractivity contribution in [2.24, 2.45) is 0 Å². The van der Waals surface area contributed by atoms with Crippen LogP contribution in [-0.4, -0.2) is 5.11 Å². The maximum atomic E-state index is 9.73. The van der Waals surface area contributed by atoms with E-state index in [1.807, 2.05) is 24.3 Å². The standard InChI is InChI=1S/C16H19NO/c1-2-15(13-8-4-3-5-9-13)17-12-14-10-6-7-11-16(14)18/h3-11,15,17-18H,2,12H2,1H3. The highest BCUT2D eigenvalue weighted by Crippen LogP contribution is 2.19. The fourth-order valence-electron chi connectivity index (χ4n) is 2.08. The molecule has 2 N–H and O–H groups in total. The fraction of sp³-hybridized carbons (Fsp3) is 0.250. The van der Waals surface area contributed by atoms with Crippen molar-refractivity contribution < 1.29 is 5.11 Å². The van der Waals surface area contributed by atoms with Crippen LogP contribution in [0.5, 0.6) is 5.75 Å². The van der Waals surface area contributed by atoms with Gasteiger partial charge >= 0.3 is 0 Å². The minimum Gasteiger partial charge on any atom is -0.508 e. The van der Waals surface area contributed by atoms with Crippen LogP contribution in [0.1, 0.15) is 30.5 Å². The molecule has 0 radical (unpaired) electrons. The highest BCUT2D eigenvalue weighted by Gasteiger charge is 2.08. The summed E-state index contributed by atoms with van der Waals surface area (Å²) in [6, 6.07) is 18.2. The van der Waals surface area contributed by atoms with Crippen molar-refractivity contribution in [3.05, 3.63) is 65.7 Å². The topological polar surface area (TPSA) is 32.3 Å². The Morgan fingerprint density at radius 3 is 2.33 bits per heavy atom. The summed E-state index contributed by atoms with van der Waals surface area (Å²) in [5.74, 6) is 0.355. The van der Waals surface area contributed by atoms with Crippen molar-refractivity contribution in [1.29, 1.82) is 0 Å². The third-order valence-corrected chi connectivity index (χ3v) is 3.14. The molecule has 2 aromatic carbocycles. The second-order valence-corrected chi connectivity index (χ2v) is 4.38. The van der Waals surface area contributed by atoms with Crippen molar-refractivity contribution in [3.63, 3.8) is 0 Å². The molecule has 2 aromatic rings. The molecule has 94 valence electrons. The molecular weight excluding hydrogens is 222 g/mol. The molecule has 2 nitrogen and oxygen atoms in total. The summed E-state index contributed by atoms with van der Waals surface area (Å²) < 4.78 is 0. The molecule has 0 amide bonds. The van der Waals surface area contributed by atoms with Crippen LogP contribution < -0.4 is 5.32 Å². The number of hydrogen-bond acceptors (Lipinski definition) is 2. The van der Waals surface area contributed by atoms with Crippen LogP contribution in [0.15, 0.2) is 54.6 Å². The SMILES string of the molecule is CCC(NCc1ccccc1O)c1ccccc1. The number of hydrogen-bond donors (Lipinski definition) is 2. The van der Waals surface area contributed by atoms with Gasteiger partial charge in [-0.15, -0.1) is 0 Å². The smallest absolute Gasteiger partial charge is 0.120 e. The van der Waals surface area contributed by atoms with Gasteiger partial charge in [0.05, 0.1) is 0 Å². The number of aromatic hydroxyl groups is 1. The lowest BCUT2D eigenvalue weighted by Crippen LogP contribution is -2.20. The highest BCUT2D eigenvalue weighted by atomic mass is 16.3. The zero-order valence-corrected chi connectivity index (χ0v) is 10.6. The molecule has 0 spiro atoms. The molecule has 0 fully saturated rings. The molecule has 0 aliphatic heterocycles. The van der Waals surface area contributed by atoms with E-state index in [0.29, 0.717) is 18.3 Å². The molecule has 2 heteroatoms. The fourth-order valence-corrected chi connectivity index (χ4v) is 2.08. The molecule has 0 bridgehead atoms.